The van der Waals surface area contributed by atoms with E-state index < -0.39 is 0 Å². The van der Waals surface area contributed by atoms with Crippen LogP contribution >= 0.6 is 0 Å². The Balaban J connectivity index is 2.08. The Labute approximate surface area is 113 Å². The van der Waals surface area contributed by atoms with E-state index in [4.69, 9.17) is 9.84 Å². The number of methoxy groups -OCH3 is 1. The molecule has 0 aromatic carbocycles. The zero-order valence-corrected chi connectivity index (χ0v) is 11.2. The Morgan fingerprint density at radius 1 is 1.53 bits per heavy atom. The van der Waals surface area contributed by atoms with Gasteiger partial charge in [0.15, 0.2) is 0 Å². The van der Waals surface area contributed by atoms with E-state index in [1.807, 2.05) is 4.90 Å². The smallest absolute Gasteiger partial charge is 0.255 e. The molecule has 1 aromatic rings. The lowest BCUT2D eigenvalue weighted by Gasteiger charge is -2.37. The van der Waals surface area contributed by atoms with E-state index in [9.17, 15) is 4.79 Å². The van der Waals surface area contributed by atoms with E-state index in [0.717, 1.165) is 12.8 Å². The highest BCUT2D eigenvalue weighted by Crippen LogP contribution is 2.26. The summed E-state index contributed by atoms with van der Waals surface area (Å²) in [5.41, 5.74) is 0.575. The Hall–Kier alpha value is -1.62. The van der Waals surface area contributed by atoms with Gasteiger partial charge in [-0.1, -0.05) is 0 Å². The zero-order chi connectivity index (χ0) is 13.7. The van der Waals surface area contributed by atoms with E-state index >= 15 is 0 Å². The number of amides is 1. The first-order chi connectivity index (χ1) is 9.26. The largest absolute Gasteiger partial charge is 0.481 e. The van der Waals surface area contributed by atoms with Gasteiger partial charge in [-0.15, -0.1) is 0 Å². The lowest BCUT2D eigenvalue weighted by molar-refractivity contribution is 0.0562. The van der Waals surface area contributed by atoms with E-state index in [0.29, 0.717) is 30.5 Å². The minimum atomic E-state index is -0.00620. The first-order valence-corrected chi connectivity index (χ1v) is 6.68. The van der Waals surface area contributed by atoms with Crippen LogP contribution in [0.5, 0.6) is 5.88 Å². The third-order valence-corrected chi connectivity index (χ3v) is 3.53. The minimum absolute atomic E-state index is 0.00620. The van der Waals surface area contributed by atoms with Gasteiger partial charge in [0.25, 0.3) is 5.91 Å². The summed E-state index contributed by atoms with van der Waals surface area (Å²) in [7, 11) is 1.55. The molecule has 0 spiro atoms. The second-order valence-electron chi connectivity index (χ2n) is 4.75. The van der Waals surface area contributed by atoms with E-state index in [1.165, 1.54) is 6.42 Å². The number of pyridine rings is 1. The van der Waals surface area contributed by atoms with Gasteiger partial charge in [0.05, 0.1) is 12.7 Å². The highest BCUT2D eigenvalue weighted by Gasteiger charge is 2.29. The molecular formula is C14H20N2O3. The van der Waals surface area contributed by atoms with Crippen LogP contribution in [-0.4, -0.2) is 47.2 Å². The first kappa shape index (κ1) is 13.8. The molecule has 5 heteroatoms. The van der Waals surface area contributed by atoms with Crippen molar-refractivity contribution in [2.75, 3.05) is 20.3 Å². The molecular weight excluding hydrogens is 244 g/mol. The predicted molar refractivity (Wildman–Crippen MR) is 71.2 cm³/mol. The standard InChI is InChI=1S/C14H20N2O3/c1-19-13-7-6-11(10-15-13)14(18)16(8-3-9-17)12-4-2-5-12/h6-7,10,12,17H,2-5,8-9H2,1H3. The van der Waals surface area contributed by atoms with Crippen molar-refractivity contribution in [3.63, 3.8) is 0 Å². The maximum Gasteiger partial charge on any atom is 0.255 e. The molecule has 104 valence electrons. The lowest BCUT2D eigenvalue weighted by Crippen LogP contribution is -2.45. The fourth-order valence-corrected chi connectivity index (χ4v) is 2.18. The van der Waals surface area contributed by atoms with Gasteiger partial charge in [0.1, 0.15) is 0 Å². The summed E-state index contributed by atoms with van der Waals surface area (Å²) in [5, 5.41) is 8.94. The van der Waals surface area contributed by atoms with Crippen molar-refractivity contribution in [1.29, 1.82) is 0 Å². The average molecular weight is 264 g/mol. The molecule has 0 aliphatic heterocycles. The minimum Gasteiger partial charge on any atom is -0.481 e. The molecule has 1 heterocycles. The van der Waals surface area contributed by atoms with Gasteiger partial charge in [-0.25, -0.2) is 4.98 Å². The molecule has 1 saturated carbocycles. The summed E-state index contributed by atoms with van der Waals surface area (Å²) in [6.07, 6.45) is 5.45. The monoisotopic (exact) mass is 264 g/mol. The van der Waals surface area contributed by atoms with Crippen molar-refractivity contribution in [3.05, 3.63) is 23.9 Å². The molecule has 0 unspecified atom stereocenters. The maximum atomic E-state index is 12.4. The fourth-order valence-electron chi connectivity index (χ4n) is 2.18. The van der Waals surface area contributed by atoms with Crippen molar-refractivity contribution in [3.8, 4) is 5.88 Å². The summed E-state index contributed by atoms with van der Waals surface area (Å²) < 4.78 is 4.99. The van der Waals surface area contributed by atoms with Crippen molar-refractivity contribution in [2.24, 2.45) is 0 Å². The number of carbonyl (C=O) groups is 1. The van der Waals surface area contributed by atoms with Crippen LogP contribution in [0.4, 0.5) is 0 Å². The molecule has 1 fully saturated rings. The second kappa shape index (κ2) is 6.52. The zero-order valence-electron chi connectivity index (χ0n) is 11.2. The van der Waals surface area contributed by atoms with Gasteiger partial charge >= 0.3 is 0 Å². The van der Waals surface area contributed by atoms with Crippen LogP contribution in [0.2, 0.25) is 0 Å². The molecule has 19 heavy (non-hydrogen) atoms. The van der Waals surface area contributed by atoms with Gasteiger partial charge in [-0.2, -0.15) is 0 Å². The van der Waals surface area contributed by atoms with Gasteiger partial charge in [0.2, 0.25) is 5.88 Å². The van der Waals surface area contributed by atoms with Crippen LogP contribution in [0.1, 0.15) is 36.0 Å². The number of nitrogens with zero attached hydrogens (tertiary/aromatic N) is 2. The quantitative estimate of drug-likeness (QED) is 0.845. The molecule has 0 radical (unpaired) electrons. The number of ether oxygens (including phenoxy) is 1. The van der Waals surface area contributed by atoms with Gasteiger partial charge in [-0.05, 0) is 31.7 Å². The van der Waals surface area contributed by atoms with Crippen molar-refractivity contribution >= 4 is 5.91 Å². The van der Waals surface area contributed by atoms with Crippen LogP contribution in [0.3, 0.4) is 0 Å². The van der Waals surface area contributed by atoms with Crippen molar-refractivity contribution in [2.45, 2.75) is 31.7 Å². The Morgan fingerprint density at radius 2 is 2.32 bits per heavy atom. The molecule has 1 amide bonds. The Kier molecular flexibility index (Phi) is 4.74. The highest BCUT2D eigenvalue weighted by molar-refractivity contribution is 5.94. The molecule has 0 bridgehead atoms. The molecule has 1 aliphatic rings. The molecule has 5 nitrogen and oxygen atoms in total. The van der Waals surface area contributed by atoms with Crippen LogP contribution < -0.4 is 4.74 Å². The number of carbonyl (C=O) groups excluding carboxylic acids is 1. The third-order valence-electron chi connectivity index (χ3n) is 3.53. The van der Waals surface area contributed by atoms with Crippen molar-refractivity contribution < 1.29 is 14.6 Å². The van der Waals surface area contributed by atoms with Crippen LogP contribution in [0.25, 0.3) is 0 Å². The van der Waals surface area contributed by atoms with Crippen LogP contribution in [-0.2, 0) is 0 Å². The fraction of sp³-hybridized carbons (Fsp3) is 0.571. The molecule has 0 saturated heterocycles. The average Bonchev–Trinajstić information content (AvgIpc) is 2.40. The summed E-state index contributed by atoms with van der Waals surface area (Å²) in [6, 6.07) is 3.75. The molecule has 1 aliphatic carbocycles. The number of rotatable bonds is 6. The van der Waals surface area contributed by atoms with Crippen LogP contribution in [0, 0.1) is 0 Å². The van der Waals surface area contributed by atoms with Gasteiger partial charge in [0, 0.05) is 31.5 Å². The topological polar surface area (TPSA) is 62.7 Å². The molecule has 2 rings (SSSR count). The summed E-state index contributed by atoms with van der Waals surface area (Å²) in [4.78, 5) is 18.4. The molecule has 1 aromatic heterocycles. The molecule has 0 atom stereocenters. The number of hydrogen-bond acceptors (Lipinski definition) is 4. The van der Waals surface area contributed by atoms with Crippen molar-refractivity contribution in [1.82, 2.24) is 9.88 Å². The lowest BCUT2D eigenvalue weighted by atomic mass is 9.91. The van der Waals surface area contributed by atoms with Gasteiger partial charge in [-0.3, -0.25) is 4.79 Å². The number of aliphatic hydroxyl groups excluding tert-OH is 1. The van der Waals surface area contributed by atoms with Gasteiger partial charge < -0.3 is 14.7 Å². The van der Waals surface area contributed by atoms with Crippen LogP contribution in [0.15, 0.2) is 18.3 Å². The van der Waals surface area contributed by atoms with E-state index in [2.05, 4.69) is 4.98 Å². The summed E-state index contributed by atoms with van der Waals surface area (Å²) >= 11 is 0. The Morgan fingerprint density at radius 3 is 2.79 bits per heavy atom. The third kappa shape index (κ3) is 3.23. The maximum absolute atomic E-state index is 12.4. The number of aliphatic hydroxyl groups is 1. The first-order valence-electron chi connectivity index (χ1n) is 6.68. The predicted octanol–water partition coefficient (Wildman–Crippen LogP) is 1.47. The van der Waals surface area contributed by atoms with E-state index in [1.54, 1.807) is 25.4 Å². The Bertz CT molecular complexity index is 415. The van der Waals surface area contributed by atoms with E-state index in [-0.39, 0.29) is 12.5 Å². The second-order valence-corrected chi connectivity index (χ2v) is 4.75. The number of aromatic nitrogens is 1. The normalized spacial score (nSPS) is 14.8. The highest BCUT2D eigenvalue weighted by atomic mass is 16.5. The number of hydrogen-bond donors (Lipinski definition) is 1. The SMILES string of the molecule is COc1ccc(C(=O)N(CCCO)C2CCC2)cn1. The summed E-state index contributed by atoms with van der Waals surface area (Å²) in [5.74, 6) is 0.496. The molecule has 1 N–H and O–H groups in total. The summed E-state index contributed by atoms with van der Waals surface area (Å²) in [6.45, 7) is 0.712.